The highest BCUT2D eigenvalue weighted by Gasteiger charge is 2.36. The van der Waals surface area contributed by atoms with E-state index < -0.39 is 27.5 Å². The quantitative estimate of drug-likeness (QED) is 0.859. The summed E-state index contributed by atoms with van der Waals surface area (Å²) in [6, 6.07) is 9.30. The van der Waals surface area contributed by atoms with Crippen LogP contribution in [0.5, 0.6) is 0 Å². The van der Waals surface area contributed by atoms with E-state index in [4.69, 9.17) is 4.42 Å². The van der Waals surface area contributed by atoms with E-state index in [0.717, 1.165) is 0 Å². The summed E-state index contributed by atoms with van der Waals surface area (Å²) in [7, 11) is -3.19. The van der Waals surface area contributed by atoms with Gasteiger partial charge in [-0.2, -0.15) is 0 Å². The van der Waals surface area contributed by atoms with Crippen molar-refractivity contribution in [1.29, 1.82) is 0 Å². The first-order valence-electron chi connectivity index (χ1n) is 7.25. The fourth-order valence-corrected chi connectivity index (χ4v) is 4.45. The zero-order valence-electron chi connectivity index (χ0n) is 12.3. The number of nitrogens with zero attached hydrogens (tertiary/aromatic N) is 1. The van der Waals surface area contributed by atoms with E-state index in [2.05, 4.69) is 0 Å². The van der Waals surface area contributed by atoms with E-state index in [1.807, 2.05) is 0 Å². The molecule has 1 aromatic heterocycles. The van der Waals surface area contributed by atoms with Crippen LogP contribution in [0.15, 0.2) is 47.1 Å². The first-order valence-corrected chi connectivity index (χ1v) is 9.07. The molecule has 2 heterocycles. The zero-order valence-corrected chi connectivity index (χ0v) is 13.1. The lowest BCUT2D eigenvalue weighted by Crippen LogP contribution is -2.36. The van der Waals surface area contributed by atoms with Crippen LogP contribution in [0.3, 0.4) is 0 Å². The highest BCUT2D eigenvalue weighted by atomic mass is 32.2. The first-order chi connectivity index (χ1) is 11.0. The van der Waals surface area contributed by atoms with Gasteiger partial charge in [0.15, 0.2) is 9.84 Å². The molecule has 1 saturated heterocycles. The average molecular weight is 337 g/mol. The van der Waals surface area contributed by atoms with Gasteiger partial charge in [0.1, 0.15) is 11.6 Å². The molecule has 0 aliphatic carbocycles. The van der Waals surface area contributed by atoms with Crippen LogP contribution in [0.4, 0.5) is 10.1 Å². The molecule has 1 fully saturated rings. The number of para-hydroxylation sites is 1. The highest BCUT2D eigenvalue weighted by Crippen LogP contribution is 2.27. The molecular formula is C16H16FNO4S. The Hall–Kier alpha value is -2.15. The topological polar surface area (TPSA) is 67.6 Å². The SMILES string of the molecule is O=C([C@H]1CCS(=O)(=O)C1)N(Cc1ccco1)c1ccccc1F. The van der Waals surface area contributed by atoms with Crippen LogP contribution in [-0.4, -0.2) is 25.8 Å². The third-order valence-electron chi connectivity index (χ3n) is 3.89. The van der Waals surface area contributed by atoms with Gasteiger partial charge in [0, 0.05) is 0 Å². The minimum atomic E-state index is -3.19. The fourth-order valence-electron chi connectivity index (χ4n) is 2.72. The Morgan fingerprint density at radius 1 is 1.26 bits per heavy atom. The van der Waals surface area contributed by atoms with E-state index in [1.165, 1.54) is 29.4 Å². The second-order valence-electron chi connectivity index (χ2n) is 5.56. The molecule has 1 aliphatic heterocycles. The summed E-state index contributed by atoms with van der Waals surface area (Å²) in [5.41, 5.74) is 0.123. The minimum absolute atomic E-state index is 0.00469. The number of hydrogen-bond acceptors (Lipinski definition) is 4. The third kappa shape index (κ3) is 3.44. The van der Waals surface area contributed by atoms with Gasteiger partial charge in [-0.3, -0.25) is 4.79 Å². The molecule has 1 aliphatic rings. The van der Waals surface area contributed by atoms with Gasteiger partial charge in [0.25, 0.3) is 0 Å². The standard InChI is InChI=1S/C16H16FNO4S/c17-14-5-1-2-6-15(14)18(10-13-4-3-8-22-13)16(19)12-7-9-23(20,21)11-12/h1-6,8,12H,7,9-11H2/t12-/m0/s1. The van der Waals surface area contributed by atoms with Crippen LogP contribution in [0.25, 0.3) is 0 Å². The molecule has 0 N–H and O–H groups in total. The summed E-state index contributed by atoms with van der Waals surface area (Å²) >= 11 is 0. The Labute approximate surface area is 133 Å². The molecule has 0 saturated carbocycles. The number of halogens is 1. The van der Waals surface area contributed by atoms with Gasteiger partial charge in [-0.15, -0.1) is 0 Å². The van der Waals surface area contributed by atoms with Crippen molar-refractivity contribution in [1.82, 2.24) is 0 Å². The van der Waals surface area contributed by atoms with Gasteiger partial charge in [-0.1, -0.05) is 12.1 Å². The minimum Gasteiger partial charge on any atom is -0.467 e. The molecule has 0 bridgehead atoms. The number of carbonyl (C=O) groups is 1. The molecule has 5 nitrogen and oxygen atoms in total. The van der Waals surface area contributed by atoms with Gasteiger partial charge in [0.2, 0.25) is 5.91 Å². The number of anilines is 1. The van der Waals surface area contributed by atoms with Crippen molar-refractivity contribution >= 4 is 21.4 Å². The van der Waals surface area contributed by atoms with E-state index in [9.17, 15) is 17.6 Å². The monoisotopic (exact) mass is 337 g/mol. The fraction of sp³-hybridized carbons (Fsp3) is 0.312. The number of carbonyl (C=O) groups excluding carboxylic acids is 1. The lowest BCUT2D eigenvalue weighted by molar-refractivity contribution is -0.121. The summed E-state index contributed by atoms with van der Waals surface area (Å²) in [6.07, 6.45) is 1.74. The summed E-state index contributed by atoms with van der Waals surface area (Å²) in [4.78, 5) is 14.0. The van der Waals surface area contributed by atoms with Gasteiger partial charge in [-0.05, 0) is 30.7 Å². The number of sulfone groups is 1. The lowest BCUT2D eigenvalue weighted by Gasteiger charge is -2.25. The maximum absolute atomic E-state index is 14.1. The van der Waals surface area contributed by atoms with Gasteiger partial charge >= 0.3 is 0 Å². The Bertz CT molecular complexity index is 801. The normalized spacial score (nSPS) is 19.6. The molecule has 0 radical (unpaired) electrons. The molecule has 7 heteroatoms. The molecule has 0 unspecified atom stereocenters. The number of benzene rings is 1. The molecule has 23 heavy (non-hydrogen) atoms. The van der Waals surface area contributed by atoms with Crippen LogP contribution in [0, 0.1) is 11.7 Å². The Kier molecular flexibility index (Phi) is 4.21. The summed E-state index contributed by atoms with van der Waals surface area (Å²) in [5.74, 6) is -1.26. The zero-order chi connectivity index (χ0) is 16.4. The van der Waals surface area contributed by atoms with Crippen molar-refractivity contribution in [2.75, 3.05) is 16.4 Å². The molecule has 1 atom stereocenters. The number of amides is 1. The summed E-state index contributed by atoms with van der Waals surface area (Å²) in [5, 5.41) is 0. The predicted molar refractivity (Wildman–Crippen MR) is 83.1 cm³/mol. The maximum atomic E-state index is 14.1. The predicted octanol–water partition coefficient (Wildman–Crippen LogP) is 2.39. The van der Waals surface area contributed by atoms with E-state index in [-0.39, 0.29) is 30.2 Å². The number of furan rings is 1. The molecule has 1 amide bonds. The van der Waals surface area contributed by atoms with Crippen molar-refractivity contribution in [2.45, 2.75) is 13.0 Å². The molecule has 2 aromatic rings. The van der Waals surface area contributed by atoms with Crippen molar-refractivity contribution in [3.05, 3.63) is 54.2 Å². The van der Waals surface area contributed by atoms with Gasteiger partial charge < -0.3 is 9.32 Å². The average Bonchev–Trinajstić information content (AvgIpc) is 3.14. The van der Waals surface area contributed by atoms with Gasteiger partial charge in [-0.25, -0.2) is 12.8 Å². The van der Waals surface area contributed by atoms with E-state index in [0.29, 0.717) is 5.76 Å². The van der Waals surface area contributed by atoms with Crippen molar-refractivity contribution in [3.63, 3.8) is 0 Å². The molecule has 0 spiro atoms. The Morgan fingerprint density at radius 2 is 2.04 bits per heavy atom. The molecule has 3 rings (SSSR count). The van der Waals surface area contributed by atoms with Crippen LogP contribution in [0.2, 0.25) is 0 Å². The molecule has 122 valence electrons. The van der Waals surface area contributed by atoms with Crippen molar-refractivity contribution in [2.24, 2.45) is 5.92 Å². The van der Waals surface area contributed by atoms with Crippen LogP contribution in [-0.2, 0) is 21.2 Å². The van der Waals surface area contributed by atoms with Gasteiger partial charge in [0.05, 0.1) is 35.9 Å². The largest absolute Gasteiger partial charge is 0.467 e. The Morgan fingerprint density at radius 3 is 2.65 bits per heavy atom. The number of rotatable bonds is 4. The van der Waals surface area contributed by atoms with Crippen molar-refractivity contribution in [3.8, 4) is 0 Å². The first kappa shape index (κ1) is 15.7. The lowest BCUT2D eigenvalue weighted by atomic mass is 10.1. The molecular weight excluding hydrogens is 321 g/mol. The van der Waals surface area contributed by atoms with Crippen molar-refractivity contribution < 1.29 is 22.0 Å². The van der Waals surface area contributed by atoms with E-state index in [1.54, 1.807) is 18.2 Å². The van der Waals surface area contributed by atoms with E-state index >= 15 is 0 Å². The molecule has 1 aromatic carbocycles. The number of hydrogen-bond donors (Lipinski definition) is 0. The van der Waals surface area contributed by atoms with Crippen LogP contribution in [0.1, 0.15) is 12.2 Å². The highest BCUT2D eigenvalue weighted by molar-refractivity contribution is 7.91. The smallest absolute Gasteiger partial charge is 0.231 e. The second kappa shape index (κ2) is 6.16. The van der Waals surface area contributed by atoms with Crippen LogP contribution >= 0.6 is 0 Å². The van der Waals surface area contributed by atoms with Crippen LogP contribution < -0.4 is 4.90 Å². The summed E-state index contributed by atoms with van der Waals surface area (Å²) < 4.78 is 42.6. The second-order valence-corrected chi connectivity index (χ2v) is 7.78. The Balaban J connectivity index is 1.92. The third-order valence-corrected chi connectivity index (χ3v) is 5.65. The maximum Gasteiger partial charge on any atom is 0.231 e. The summed E-state index contributed by atoms with van der Waals surface area (Å²) in [6.45, 7) is 0.0588.